The zero-order chi connectivity index (χ0) is 22.8. The minimum Gasteiger partial charge on any atom is -0.632 e. The standard InChI is InChI=1S/C19H22F3N5O4/c1-11-7-15(25-26-18(11)31-10-19(20,21)22)12(2)27(30)8-13-3-4-23-16(14(13)9-27)17(29)24-5-6-28/h3-4,7,12,28H,5-6,8-10H2,1-2H3,(H,24,29). The van der Waals surface area contributed by atoms with Gasteiger partial charge in [-0.1, -0.05) is 0 Å². The molecule has 1 aliphatic heterocycles. The molecule has 2 N–H and O–H groups in total. The molecule has 0 radical (unpaired) electrons. The number of nitrogens with one attached hydrogen (secondary N) is 1. The Bertz CT molecular complexity index is 972. The van der Waals surface area contributed by atoms with Gasteiger partial charge in [-0.3, -0.25) is 9.78 Å². The third kappa shape index (κ3) is 5.09. The lowest BCUT2D eigenvalue weighted by atomic mass is 10.1. The van der Waals surface area contributed by atoms with Crippen molar-refractivity contribution in [3.8, 4) is 5.88 Å². The molecule has 2 aromatic heterocycles. The molecule has 2 unspecified atom stereocenters. The number of nitrogens with zero attached hydrogens (tertiary/aromatic N) is 4. The van der Waals surface area contributed by atoms with Gasteiger partial charge in [-0.05, 0) is 26.0 Å². The third-order valence-electron chi connectivity index (χ3n) is 5.09. The zero-order valence-electron chi connectivity index (χ0n) is 16.9. The predicted molar refractivity (Wildman–Crippen MR) is 101 cm³/mol. The molecule has 3 rings (SSSR count). The van der Waals surface area contributed by atoms with Gasteiger partial charge in [0.1, 0.15) is 30.5 Å². The summed E-state index contributed by atoms with van der Waals surface area (Å²) >= 11 is 0. The molecule has 0 aliphatic carbocycles. The van der Waals surface area contributed by atoms with Gasteiger partial charge in [-0.15, -0.1) is 10.2 Å². The summed E-state index contributed by atoms with van der Waals surface area (Å²) in [5, 5.41) is 32.6. The number of aromatic nitrogens is 3. The summed E-state index contributed by atoms with van der Waals surface area (Å²) in [4.78, 5) is 16.4. The lowest BCUT2D eigenvalue weighted by Crippen LogP contribution is -2.39. The van der Waals surface area contributed by atoms with Crippen molar-refractivity contribution < 1.29 is 32.5 Å². The number of aliphatic hydroxyl groups is 1. The highest BCUT2D eigenvalue weighted by Gasteiger charge is 2.38. The second-order valence-electron chi connectivity index (χ2n) is 7.38. The van der Waals surface area contributed by atoms with Crippen LogP contribution in [0.2, 0.25) is 0 Å². The van der Waals surface area contributed by atoms with Gasteiger partial charge in [-0.25, -0.2) is 0 Å². The molecule has 0 fully saturated rings. The Morgan fingerprint density at radius 2 is 2.13 bits per heavy atom. The van der Waals surface area contributed by atoms with Gasteiger partial charge in [0.15, 0.2) is 6.61 Å². The van der Waals surface area contributed by atoms with Crippen LogP contribution in [0.3, 0.4) is 0 Å². The number of aryl methyl sites for hydroxylation is 1. The Morgan fingerprint density at radius 3 is 2.77 bits per heavy atom. The van der Waals surface area contributed by atoms with Crippen molar-refractivity contribution in [2.45, 2.75) is 39.2 Å². The molecule has 0 spiro atoms. The molecule has 12 heteroatoms. The number of fused-ring (bicyclic) bond motifs is 1. The van der Waals surface area contributed by atoms with E-state index in [-0.39, 0.29) is 37.8 Å². The van der Waals surface area contributed by atoms with Crippen LogP contribution in [0.25, 0.3) is 0 Å². The van der Waals surface area contributed by atoms with Crippen molar-refractivity contribution in [3.63, 3.8) is 0 Å². The lowest BCUT2D eigenvalue weighted by molar-refractivity contribution is -0.929. The fraction of sp³-hybridized carbons (Fsp3) is 0.474. The van der Waals surface area contributed by atoms with Crippen molar-refractivity contribution in [3.05, 3.63) is 51.6 Å². The maximum atomic E-state index is 13.6. The summed E-state index contributed by atoms with van der Waals surface area (Å²) in [7, 11) is 0. The van der Waals surface area contributed by atoms with E-state index in [4.69, 9.17) is 5.11 Å². The average Bonchev–Trinajstić information content (AvgIpc) is 3.07. The SMILES string of the molecule is Cc1cc(C(C)[N+]2([O-])Cc3ccnc(C(=O)NCCO)c3C2)nnc1OCC(F)(F)F. The highest BCUT2D eigenvalue weighted by molar-refractivity contribution is 5.94. The van der Waals surface area contributed by atoms with Crippen LogP contribution in [0.15, 0.2) is 18.3 Å². The van der Waals surface area contributed by atoms with Crippen LogP contribution < -0.4 is 10.1 Å². The maximum absolute atomic E-state index is 13.6. The van der Waals surface area contributed by atoms with Gasteiger partial charge in [0.25, 0.3) is 5.91 Å². The van der Waals surface area contributed by atoms with Crippen molar-refractivity contribution in [1.29, 1.82) is 0 Å². The minimum absolute atomic E-state index is 0.0285. The van der Waals surface area contributed by atoms with E-state index in [1.807, 2.05) is 0 Å². The second kappa shape index (κ2) is 8.73. The van der Waals surface area contributed by atoms with Crippen molar-refractivity contribution >= 4 is 5.91 Å². The van der Waals surface area contributed by atoms with E-state index >= 15 is 0 Å². The molecule has 1 aliphatic rings. The summed E-state index contributed by atoms with van der Waals surface area (Å²) < 4.78 is 41.0. The topological polar surface area (TPSA) is 120 Å². The number of ether oxygens (including phenoxy) is 1. The molecule has 0 saturated heterocycles. The van der Waals surface area contributed by atoms with E-state index in [2.05, 4.69) is 25.2 Å². The number of alkyl halides is 3. The van der Waals surface area contributed by atoms with Gasteiger partial charge < -0.3 is 25.0 Å². The molecule has 0 saturated carbocycles. The van der Waals surface area contributed by atoms with E-state index in [1.165, 1.54) is 19.2 Å². The van der Waals surface area contributed by atoms with Crippen LogP contribution in [0, 0.1) is 12.1 Å². The number of carbonyl (C=O) groups excluding carboxylic acids is 1. The van der Waals surface area contributed by atoms with Crippen LogP contribution in [0.5, 0.6) is 5.88 Å². The molecule has 2 atom stereocenters. The summed E-state index contributed by atoms with van der Waals surface area (Å²) in [5.41, 5.74) is 1.97. The molecule has 2 aromatic rings. The molecule has 31 heavy (non-hydrogen) atoms. The van der Waals surface area contributed by atoms with Gasteiger partial charge >= 0.3 is 6.18 Å². The van der Waals surface area contributed by atoms with Gasteiger partial charge in [0.2, 0.25) is 5.88 Å². The molecule has 9 nitrogen and oxygen atoms in total. The highest BCUT2D eigenvalue weighted by atomic mass is 19.4. The van der Waals surface area contributed by atoms with Crippen molar-refractivity contribution in [1.82, 2.24) is 20.5 Å². The Kier molecular flexibility index (Phi) is 6.43. The zero-order valence-corrected chi connectivity index (χ0v) is 16.9. The summed E-state index contributed by atoms with van der Waals surface area (Å²) in [6, 6.07) is 2.45. The first-order valence-electron chi connectivity index (χ1n) is 9.51. The summed E-state index contributed by atoms with van der Waals surface area (Å²) in [5.74, 6) is -0.726. The molecule has 3 heterocycles. The van der Waals surface area contributed by atoms with E-state index < -0.39 is 29.4 Å². The number of quaternary nitrogens is 1. The van der Waals surface area contributed by atoms with Gasteiger partial charge in [-0.2, -0.15) is 13.2 Å². The number of hydrogen-bond donors (Lipinski definition) is 2. The smallest absolute Gasteiger partial charge is 0.422 e. The summed E-state index contributed by atoms with van der Waals surface area (Å²) in [6.07, 6.45) is -3.05. The number of hydroxylamine groups is 3. The number of aliphatic hydroxyl groups excluding tert-OH is 1. The van der Waals surface area contributed by atoms with E-state index in [0.29, 0.717) is 22.4 Å². The molecule has 0 bridgehead atoms. The Balaban J connectivity index is 1.80. The second-order valence-corrected chi connectivity index (χ2v) is 7.38. The first kappa shape index (κ1) is 22.8. The molecular formula is C19H22F3N5O4. The molecule has 1 amide bonds. The number of carbonyl (C=O) groups is 1. The largest absolute Gasteiger partial charge is 0.632 e. The molecule has 0 aromatic carbocycles. The quantitative estimate of drug-likeness (QED) is 0.498. The van der Waals surface area contributed by atoms with Crippen molar-refractivity contribution in [2.75, 3.05) is 19.8 Å². The first-order chi connectivity index (χ1) is 14.5. The minimum atomic E-state index is -4.50. The Hall–Kier alpha value is -2.83. The molecular weight excluding hydrogens is 419 g/mol. The fourth-order valence-electron chi connectivity index (χ4n) is 3.42. The van der Waals surface area contributed by atoms with Crippen molar-refractivity contribution in [2.24, 2.45) is 0 Å². The van der Waals surface area contributed by atoms with E-state index in [0.717, 1.165) is 0 Å². The van der Waals surface area contributed by atoms with Crippen LogP contribution in [-0.2, 0) is 13.1 Å². The van der Waals surface area contributed by atoms with E-state index in [1.54, 1.807) is 13.0 Å². The Morgan fingerprint density at radius 1 is 1.39 bits per heavy atom. The fourth-order valence-corrected chi connectivity index (χ4v) is 3.42. The number of hydrogen-bond acceptors (Lipinski definition) is 7. The number of pyridine rings is 1. The van der Waals surface area contributed by atoms with Crippen LogP contribution in [0.4, 0.5) is 13.2 Å². The third-order valence-corrected chi connectivity index (χ3v) is 5.09. The highest BCUT2D eigenvalue weighted by Crippen LogP contribution is 2.39. The maximum Gasteiger partial charge on any atom is 0.422 e. The average molecular weight is 441 g/mol. The monoisotopic (exact) mass is 441 g/mol. The van der Waals surface area contributed by atoms with Gasteiger partial charge in [0, 0.05) is 29.4 Å². The Labute approximate surface area is 176 Å². The molecule has 168 valence electrons. The van der Waals surface area contributed by atoms with E-state index in [9.17, 15) is 23.2 Å². The van der Waals surface area contributed by atoms with Crippen LogP contribution in [-0.4, -0.2) is 56.8 Å². The van der Waals surface area contributed by atoms with Gasteiger partial charge in [0.05, 0.1) is 6.61 Å². The normalized spacial score (nSPS) is 19.1. The number of amides is 1. The first-order valence-corrected chi connectivity index (χ1v) is 9.51. The van der Waals surface area contributed by atoms with Crippen LogP contribution >= 0.6 is 0 Å². The predicted octanol–water partition coefficient (Wildman–Crippen LogP) is 1.93. The summed E-state index contributed by atoms with van der Waals surface area (Å²) in [6.45, 7) is 1.58. The number of halogens is 3. The van der Waals surface area contributed by atoms with Crippen LogP contribution in [0.1, 0.15) is 45.8 Å². The number of rotatable bonds is 7. The lowest BCUT2D eigenvalue weighted by Gasteiger charge is -2.43.